The first-order valence-electron chi connectivity index (χ1n) is 8.45. The van der Waals surface area contributed by atoms with Gasteiger partial charge in [-0.1, -0.05) is 12.1 Å². The topological polar surface area (TPSA) is 59.4 Å². The zero-order valence-electron chi connectivity index (χ0n) is 14.7. The van der Waals surface area contributed by atoms with Gasteiger partial charge in [0, 0.05) is 52.5 Å². The third-order valence-corrected chi connectivity index (χ3v) is 5.42. The van der Waals surface area contributed by atoms with Crippen molar-refractivity contribution >= 4 is 34.6 Å². The summed E-state index contributed by atoms with van der Waals surface area (Å²) in [5, 5.41) is 9.81. The highest BCUT2D eigenvalue weighted by Crippen LogP contribution is 2.30. The van der Waals surface area contributed by atoms with Crippen LogP contribution < -0.4 is 4.90 Å². The van der Waals surface area contributed by atoms with E-state index < -0.39 is 0 Å². The van der Waals surface area contributed by atoms with Crippen molar-refractivity contribution in [3.8, 4) is 0 Å². The van der Waals surface area contributed by atoms with E-state index in [2.05, 4.69) is 14.8 Å². The molecular weight excluding hydrogens is 336 g/mol. The molecule has 2 heterocycles. The Hall–Kier alpha value is -1.83. The van der Waals surface area contributed by atoms with Crippen LogP contribution in [0, 0.1) is 0 Å². The summed E-state index contributed by atoms with van der Waals surface area (Å²) in [6, 6.07) is 8.11. The lowest BCUT2D eigenvalue weighted by atomic mass is 10.2. The molecule has 0 unspecified atom stereocenters. The molecule has 1 N–H and O–H groups in total. The fourth-order valence-corrected chi connectivity index (χ4v) is 3.82. The van der Waals surface area contributed by atoms with Gasteiger partial charge in [-0.25, -0.2) is 0 Å². The molecule has 134 valence electrons. The summed E-state index contributed by atoms with van der Waals surface area (Å²) in [6.45, 7) is 4.35. The molecule has 2 aliphatic rings. The first-order chi connectivity index (χ1) is 12.1. The minimum Gasteiger partial charge on any atom is -0.395 e. The molecule has 1 saturated heterocycles. The third kappa shape index (κ3) is 4.42. The molecule has 25 heavy (non-hydrogen) atoms. The van der Waals surface area contributed by atoms with E-state index in [9.17, 15) is 4.79 Å². The number of hydrogen-bond donors (Lipinski definition) is 1. The van der Waals surface area contributed by atoms with Crippen LogP contribution in [0.2, 0.25) is 0 Å². The minimum absolute atomic E-state index is 0.158. The number of β-amino-alcohol motifs (C(OH)–C–C–N with tert-alkyl or cyclic N) is 1. The molecule has 1 amide bonds. The van der Waals surface area contributed by atoms with Gasteiger partial charge in [-0.05, 0) is 35.5 Å². The lowest BCUT2D eigenvalue weighted by molar-refractivity contribution is -0.113. The summed E-state index contributed by atoms with van der Waals surface area (Å²) in [6.07, 6.45) is 1.91. The average Bonchev–Trinajstić information content (AvgIpc) is 2.97. The molecule has 0 aliphatic carbocycles. The fourth-order valence-electron chi connectivity index (χ4n) is 2.86. The fraction of sp³-hybridized carbons (Fsp3) is 0.444. The van der Waals surface area contributed by atoms with Gasteiger partial charge in [0.25, 0.3) is 5.91 Å². The van der Waals surface area contributed by atoms with E-state index in [0.29, 0.717) is 11.4 Å². The summed E-state index contributed by atoms with van der Waals surface area (Å²) in [5.74, 6) is -0.158. The molecule has 0 spiro atoms. The highest BCUT2D eigenvalue weighted by Gasteiger charge is 2.28. The molecule has 6 nitrogen and oxygen atoms in total. The summed E-state index contributed by atoms with van der Waals surface area (Å²) < 4.78 is 0. The molecule has 1 fully saturated rings. The van der Waals surface area contributed by atoms with Gasteiger partial charge in [0.05, 0.1) is 11.5 Å². The Labute approximate surface area is 152 Å². The number of nitrogens with zero attached hydrogens (tertiary/aromatic N) is 4. The second-order valence-corrected chi connectivity index (χ2v) is 7.36. The Morgan fingerprint density at radius 1 is 1.20 bits per heavy atom. The summed E-state index contributed by atoms with van der Waals surface area (Å²) in [4.78, 5) is 23.5. The van der Waals surface area contributed by atoms with Gasteiger partial charge in [0.1, 0.15) is 0 Å². The Morgan fingerprint density at radius 2 is 1.88 bits per heavy atom. The van der Waals surface area contributed by atoms with E-state index in [-0.39, 0.29) is 12.5 Å². The van der Waals surface area contributed by atoms with E-state index in [0.717, 1.165) is 42.6 Å². The number of rotatable bonds is 4. The SMILES string of the molecule is CN(C)c1ccc(/C=C2/SC(N3CCN(CCO)CC3)=NC2=O)cc1. The zero-order chi connectivity index (χ0) is 17.8. The van der Waals surface area contributed by atoms with Gasteiger partial charge in [-0.3, -0.25) is 9.69 Å². The quantitative estimate of drug-likeness (QED) is 0.818. The number of aliphatic hydroxyl groups excluding tert-OH is 1. The molecular formula is C18H24N4O2S. The number of thioether (sulfide) groups is 1. The number of anilines is 1. The van der Waals surface area contributed by atoms with Crippen LogP contribution in [0.25, 0.3) is 6.08 Å². The van der Waals surface area contributed by atoms with E-state index in [1.165, 1.54) is 11.8 Å². The van der Waals surface area contributed by atoms with Crippen molar-refractivity contribution in [2.24, 2.45) is 4.99 Å². The number of carbonyl (C=O) groups excluding carboxylic acids is 1. The van der Waals surface area contributed by atoms with Crippen molar-refractivity contribution in [2.45, 2.75) is 0 Å². The number of amides is 1. The maximum absolute atomic E-state index is 12.2. The largest absolute Gasteiger partial charge is 0.395 e. The van der Waals surface area contributed by atoms with Crippen LogP contribution in [0.4, 0.5) is 5.69 Å². The average molecular weight is 360 g/mol. The van der Waals surface area contributed by atoms with Crippen molar-refractivity contribution in [1.29, 1.82) is 0 Å². The van der Waals surface area contributed by atoms with Gasteiger partial charge in [-0.15, -0.1) is 0 Å². The van der Waals surface area contributed by atoms with Crippen molar-refractivity contribution in [3.05, 3.63) is 34.7 Å². The molecule has 2 aliphatic heterocycles. The number of benzene rings is 1. The second kappa shape index (κ2) is 8.03. The van der Waals surface area contributed by atoms with Crippen LogP contribution >= 0.6 is 11.8 Å². The van der Waals surface area contributed by atoms with Crippen molar-refractivity contribution in [1.82, 2.24) is 9.80 Å². The molecule has 0 atom stereocenters. The number of carbonyl (C=O) groups is 1. The molecule has 1 aromatic rings. The standard InChI is InChI=1S/C18H24N4O2S/c1-20(2)15-5-3-14(4-6-15)13-16-17(24)19-18(25-16)22-9-7-21(8-10-22)11-12-23/h3-6,13,23H,7-12H2,1-2H3/b16-13+. The van der Waals surface area contributed by atoms with E-state index in [1.54, 1.807) is 0 Å². The van der Waals surface area contributed by atoms with Crippen molar-refractivity contribution in [3.63, 3.8) is 0 Å². The Bertz CT molecular complexity index is 677. The summed E-state index contributed by atoms with van der Waals surface area (Å²) in [7, 11) is 4.01. The van der Waals surface area contributed by atoms with Crippen LogP contribution in [0.15, 0.2) is 34.2 Å². The number of piperazine rings is 1. The predicted octanol–water partition coefficient (Wildman–Crippen LogP) is 1.33. The van der Waals surface area contributed by atoms with Crippen LogP contribution in [0.5, 0.6) is 0 Å². The van der Waals surface area contributed by atoms with Gasteiger partial charge >= 0.3 is 0 Å². The maximum Gasteiger partial charge on any atom is 0.286 e. The van der Waals surface area contributed by atoms with Crippen LogP contribution in [-0.2, 0) is 4.79 Å². The molecule has 1 aromatic carbocycles. The summed E-state index contributed by atoms with van der Waals surface area (Å²) >= 11 is 1.45. The van der Waals surface area contributed by atoms with Gasteiger partial charge in [-0.2, -0.15) is 4.99 Å². The molecule has 0 bridgehead atoms. The normalized spacial score (nSPS) is 20.3. The number of amidine groups is 1. The smallest absolute Gasteiger partial charge is 0.286 e. The first-order valence-corrected chi connectivity index (χ1v) is 9.26. The highest BCUT2D eigenvalue weighted by atomic mass is 32.2. The molecule has 3 rings (SSSR count). The number of aliphatic hydroxyl groups is 1. The molecule has 0 radical (unpaired) electrons. The van der Waals surface area contributed by atoms with E-state index >= 15 is 0 Å². The zero-order valence-corrected chi connectivity index (χ0v) is 15.5. The van der Waals surface area contributed by atoms with Gasteiger partial charge in [0.2, 0.25) is 0 Å². The Balaban J connectivity index is 1.62. The lowest BCUT2D eigenvalue weighted by Gasteiger charge is -2.34. The maximum atomic E-state index is 12.2. The second-order valence-electron chi connectivity index (χ2n) is 6.35. The monoisotopic (exact) mass is 360 g/mol. The Morgan fingerprint density at radius 3 is 2.48 bits per heavy atom. The predicted molar refractivity (Wildman–Crippen MR) is 104 cm³/mol. The molecule has 7 heteroatoms. The van der Waals surface area contributed by atoms with E-state index in [4.69, 9.17) is 5.11 Å². The summed E-state index contributed by atoms with van der Waals surface area (Å²) in [5.41, 5.74) is 2.14. The van der Waals surface area contributed by atoms with E-state index in [1.807, 2.05) is 49.3 Å². The number of hydrogen-bond acceptors (Lipinski definition) is 6. The highest BCUT2D eigenvalue weighted by molar-refractivity contribution is 8.18. The van der Waals surface area contributed by atoms with Crippen molar-refractivity contribution in [2.75, 3.05) is 58.3 Å². The van der Waals surface area contributed by atoms with Crippen LogP contribution in [0.1, 0.15) is 5.56 Å². The van der Waals surface area contributed by atoms with Crippen LogP contribution in [-0.4, -0.2) is 79.4 Å². The Kier molecular flexibility index (Phi) is 5.78. The molecule has 0 aromatic heterocycles. The molecule has 0 saturated carbocycles. The first kappa shape index (κ1) is 18.0. The van der Waals surface area contributed by atoms with Gasteiger partial charge < -0.3 is 14.9 Å². The van der Waals surface area contributed by atoms with Crippen LogP contribution in [0.3, 0.4) is 0 Å². The third-order valence-electron chi connectivity index (χ3n) is 4.38. The lowest BCUT2D eigenvalue weighted by Crippen LogP contribution is -2.48. The number of aliphatic imine (C=N–C) groups is 1. The van der Waals surface area contributed by atoms with Crippen molar-refractivity contribution < 1.29 is 9.90 Å². The van der Waals surface area contributed by atoms with Gasteiger partial charge in [0.15, 0.2) is 5.17 Å². The minimum atomic E-state index is -0.158.